The minimum atomic E-state index is -1.13. The zero-order valence-corrected chi connectivity index (χ0v) is 12.4. The van der Waals surface area contributed by atoms with Gasteiger partial charge in [0.05, 0.1) is 11.1 Å². The first-order valence-electron chi connectivity index (χ1n) is 6.76. The van der Waals surface area contributed by atoms with Gasteiger partial charge >= 0.3 is 5.97 Å². The minimum absolute atomic E-state index is 0.00510. The molecule has 0 radical (unpaired) electrons. The number of aryl methyl sites for hydroxylation is 2. The second-order valence-corrected chi connectivity index (χ2v) is 4.71. The number of amides is 2. The maximum Gasteiger partial charge on any atom is 0.336 e. The summed E-state index contributed by atoms with van der Waals surface area (Å²) >= 11 is 0. The van der Waals surface area contributed by atoms with E-state index in [0.29, 0.717) is 17.7 Å². The van der Waals surface area contributed by atoms with Crippen molar-refractivity contribution in [2.45, 2.75) is 27.2 Å². The summed E-state index contributed by atoms with van der Waals surface area (Å²) in [7, 11) is 0. The first-order valence-corrected chi connectivity index (χ1v) is 6.76. The van der Waals surface area contributed by atoms with Crippen LogP contribution in [-0.2, 0) is 4.79 Å². The summed E-state index contributed by atoms with van der Waals surface area (Å²) in [5.41, 5.74) is 1.28. The first kappa shape index (κ1) is 16.7. The van der Waals surface area contributed by atoms with Crippen molar-refractivity contribution in [3.63, 3.8) is 0 Å². The number of hydrogen-bond donors (Lipinski definition) is 3. The monoisotopic (exact) mass is 292 g/mol. The number of benzene rings is 1. The van der Waals surface area contributed by atoms with Crippen molar-refractivity contribution in [1.82, 2.24) is 10.6 Å². The molecule has 2 amide bonds. The minimum Gasteiger partial charge on any atom is -0.478 e. The lowest BCUT2D eigenvalue weighted by Gasteiger charge is -2.12. The number of carbonyl (C=O) groups excluding carboxylic acids is 2. The Morgan fingerprint density at radius 3 is 2.14 bits per heavy atom. The molecule has 0 spiro atoms. The summed E-state index contributed by atoms with van der Waals surface area (Å²) in [6, 6.07) is 3.38. The van der Waals surface area contributed by atoms with E-state index >= 15 is 0 Å². The molecule has 0 unspecified atom stereocenters. The average Bonchev–Trinajstić information content (AvgIpc) is 2.40. The molecule has 0 aliphatic rings. The molecular weight excluding hydrogens is 272 g/mol. The molecule has 6 nitrogen and oxygen atoms in total. The van der Waals surface area contributed by atoms with E-state index in [1.54, 1.807) is 26.0 Å². The van der Waals surface area contributed by atoms with Crippen LogP contribution in [0.25, 0.3) is 0 Å². The normalized spacial score (nSPS) is 10.0. The van der Waals surface area contributed by atoms with E-state index in [4.69, 9.17) is 0 Å². The van der Waals surface area contributed by atoms with Gasteiger partial charge < -0.3 is 15.7 Å². The highest BCUT2D eigenvalue weighted by atomic mass is 16.4. The second-order valence-electron chi connectivity index (χ2n) is 4.71. The fourth-order valence-corrected chi connectivity index (χ4v) is 2.04. The molecule has 0 atom stereocenters. The molecule has 6 heteroatoms. The van der Waals surface area contributed by atoms with Gasteiger partial charge in [0.15, 0.2) is 0 Å². The predicted molar refractivity (Wildman–Crippen MR) is 78.5 cm³/mol. The summed E-state index contributed by atoms with van der Waals surface area (Å²) in [5.74, 6) is -1.76. The van der Waals surface area contributed by atoms with Crippen LogP contribution in [0.1, 0.15) is 45.2 Å². The Hall–Kier alpha value is -2.37. The van der Waals surface area contributed by atoms with E-state index in [1.165, 1.54) is 0 Å². The third-order valence-corrected chi connectivity index (χ3v) is 3.07. The topological polar surface area (TPSA) is 95.5 Å². The van der Waals surface area contributed by atoms with E-state index in [-0.39, 0.29) is 30.0 Å². The Morgan fingerprint density at radius 2 is 1.62 bits per heavy atom. The van der Waals surface area contributed by atoms with Crippen molar-refractivity contribution in [2.24, 2.45) is 0 Å². The van der Waals surface area contributed by atoms with Gasteiger partial charge in [0.2, 0.25) is 5.91 Å². The van der Waals surface area contributed by atoms with Crippen LogP contribution in [0, 0.1) is 13.8 Å². The van der Waals surface area contributed by atoms with Gasteiger partial charge in [-0.1, -0.05) is 12.1 Å². The van der Waals surface area contributed by atoms with Crippen LogP contribution in [-0.4, -0.2) is 36.0 Å². The lowest BCUT2D eigenvalue weighted by atomic mass is 9.96. The molecule has 0 aliphatic carbocycles. The quantitative estimate of drug-likeness (QED) is 0.735. The summed E-state index contributed by atoms with van der Waals surface area (Å²) in [6.07, 6.45) is 0.160. The Kier molecular flexibility index (Phi) is 5.90. The third-order valence-electron chi connectivity index (χ3n) is 3.07. The zero-order valence-electron chi connectivity index (χ0n) is 12.4. The van der Waals surface area contributed by atoms with Gasteiger partial charge in [-0.2, -0.15) is 0 Å². The van der Waals surface area contributed by atoms with E-state index in [0.717, 1.165) is 0 Å². The van der Waals surface area contributed by atoms with Crippen molar-refractivity contribution in [2.75, 3.05) is 13.1 Å². The van der Waals surface area contributed by atoms with Crippen LogP contribution >= 0.6 is 0 Å². The van der Waals surface area contributed by atoms with Gasteiger partial charge in [0.1, 0.15) is 0 Å². The summed E-state index contributed by atoms with van der Waals surface area (Å²) in [4.78, 5) is 34.8. The zero-order chi connectivity index (χ0) is 16.0. The van der Waals surface area contributed by atoms with Gasteiger partial charge in [-0.3, -0.25) is 9.59 Å². The van der Waals surface area contributed by atoms with Gasteiger partial charge in [0, 0.05) is 19.5 Å². The Labute approximate surface area is 123 Å². The maximum atomic E-state index is 12.2. The van der Waals surface area contributed by atoms with Crippen molar-refractivity contribution < 1.29 is 19.5 Å². The SMILES string of the molecule is CCNC(=O)CCNC(=O)c1c(C)ccc(C)c1C(=O)O. The number of rotatable bonds is 6. The van der Waals surface area contributed by atoms with Gasteiger partial charge in [-0.25, -0.2) is 4.79 Å². The highest BCUT2D eigenvalue weighted by Gasteiger charge is 2.21. The van der Waals surface area contributed by atoms with Gasteiger partial charge in [-0.15, -0.1) is 0 Å². The highest BCUT2D eigenvalue weighted by molar-refractivity contribution is 6.06. The smallest absolute Gasteiger partial charge is 0.336 e. The molecule has 0 aromatic heterocycles. The fourth-order valence-electron chi connectivity index (χ4n) is 2.04. The molecule has 3 N–H and O–H groups in total. The van der Waals surface area contributed by atoms with Crippen LogP contribution in [0.2, 0.25) is 0 Å². The van der Waals surface area contributed by atoms with E-state index in [2.05, 4.69) is 10.6 Å². The molecule has 0 bridgehead atoms. The Bertz CT molecular complexity index is 567. The number of carboxylic acid groups (broad SMARTS) is 1. The van der Waals surface area contributed by atoms with Crippen molar-refractivity contribution in [1.29, 1.82) is 0 Å². The molecule has 1 aromatic rings. The number of aromatic carboxylic acids is 1. The number of hydrogen-bond acceptors (Lipinski definition) is 3. The summed E-state index contributed by atoms with van der Waals surface area (Å²) in [5, 5.41) is 14.5. The highest BCUT2D eigenvalue weighted by Crippen LogP contribution is 2.18. The summed E-state index contributed by atoms with van der Waals surface area (Å²) < 4.78 is 0. The molecular formula is C15H20N2O4. The van der Waals surface area contributed by atoms with Crippen LogP contribution in [0.5, 0.6) is 0 Å². The lowest BCUT2D eigenvalue weighted by molar-refractivity contribution is -0.120. The predicted octanol–water partition coefficient (Wildman–Crippen LogP) is 1.26. The van der Waals surface area contributed by atoms with Crippen LogP contribution < -0.4 is 10.6 Å². The van der Waals surface area contributed by atoms with Crippen LogP contribution in [0.15, 0.2) is 12.1 Å². The molecule has 0 aliphatic heterocycles. The number of carboxylic acids is 1. The third kappa shape index (κ3) is 4.30. The second kappa shape index (κ2) is 7.42. The van der Waals surface area contributed by atoms with E-state index in [9.17, 15) is 19.5 Å². The van der Waals surface area contributed by atoms with E-state index in [1.807, 2.05) is 6.92 Å². The molecule has 114 valence electrons. The van der Waals surface area contributed by atoms with Gasteiger partial charge in [-0.05, 0) is 31.9 Å². The number of nitrogens with one attached hydrogen (secondary N) is 2. The van der Waals surface area contributed by atoms with E-state index < -0.39 is 11.9 Å². The van der Waals surface area contributed by atoms with Crippen molar-refractivity contribution in [3.8, 4) is 0 Å². The van der Waals surface area contributed by atoms with Crippen LogP contribution in [0.4, 0.5) is 0 Å². The van der Waals surface area contributed by atoms with Crippen molar-refractivity contribution >= 4 is 17.8 Å². The molecule has 0 fully saturated rings. The maximum absolute atomic E-state index is 12.2. The fraction of sp³-hybridized carbons (Fsp3) is 0.400. The summed E-state index contributed by atoms with van der Waals surface area (Å²) in [6.45, 7) is 5.84. The van der Waals surface area contributed by atoms with Gasteiger partial charge in [0.25, 0.3) is 5.91 Å². The molecule has 0 saturated heterocycles. The molecule has 0 heterocycles. The Morgan fingerprint density at radius 1 is 1.05 bits per heavy atom. The van der Waals surface area contributed by atoms with Crippen molar-refractivity contribution in [3.05, 3.63) is 34.4 Å². The van der Waals surface area contributed by atoms with Crippen LogP contribution in [0.3, 0.4) is 0 Å². The largest absolute Gasteiger partial charge is 0.478 e. The lowest BCUT2D eigenvalue weighted by Crippen LogP contribution is -2.32. The number of carbonyl (C=O) groups is 3. The molecule has 1 aromatic carbocycles. The Balaban J connectivity index is 2.85. The molecule has 21 heavy (non-hydrogen) atoms. The molecule has 1 rings (SSSR count). The standard InChI is InChI=1S/C15H20N2O4/c1-4-16-11(18)7-8-17-14(19)12-9(2)5-6-10(3)13(12)15(20)21/h5-6H,4,7-8H2,1-3H3,(H,16,18)(H,17,19)(H,20,21). The average molecular weight is 292 g/mol. The molecule has 0 saturated carbocycles. The first-order chi connectivity index (χ1) is 9.88.